The highest BCUT2D eigenvalue weighted by Crippen LogP contribution is 2.29. The maximum Gasteiger partial charge on any atom is 0.408 e. The normalized spacial score (nSPS) is 17.3. The number of ether oxygens (including phenoxy) is 1. The van der Waals surface area contributed by atoms with Crippen molar-refractivity contribution in [1.82, 2.24) is 9.88 Å². The minimum Gasteiger partial charge on any atom is -0.444 e. The van der Waals surface area contributed by atoms with Crippen molar-refractivity contribution < 1.29 is 19.4 Å². The SMILES string of the molecule is CC(C)(C)OC(=O)N[C@H]1CNc2cccc3cc(CO)n(c23)C1=O. The number of aliphatic hydroxyl groups is 1. The van der Waals surface area contributed by atoms with Crippen molar-refractivity contribution in [3.8, 4) is 0 Å². The number of carbonyl (C=O) groups is 2. The number of benzene rings is 1. The van der Waals surface area contributed by atoms with Crippen LogP contribution in [0.4, 0.5) is 10.5 Å². The zero-order valence-corrected chi connectivity index (χ0v) is 13.9. The third kappa shape index (κ3) is 2.94. The molecule has 1 aliphatic rings. The van der Waals surface area contributed by atoms with Gasteiger partial charge < -0.3 is 20.5 Å². The number of nitrogens with one attached hydrogen (secondary N) is 2. The number of aromatic nitrogens is 1. The van der Waals surface area contributed by atoms with Crippen molar-refractivity contribution in [3.05, 3.63) is 30.0 Å². The number of hydrogen-bond donors (Lipinski definition) is 3. The molecule has 24 heavy (non-hydrogen) atoms. The van der Waals surface area contributed by atoms with E-state index in [9.17, 15) is 14.7 Å². The van der Waals surface area contributed by atoms with Crippen LogP contribution in [0.25, 0.3) is 10.9 Å². The van der Waals surface area contributed by atoms with E-state index in [-0.39, 0.29) is 19.1 Å². The summed E-state index contributed by atoms with van der Waals surface area (Å²) in [4.78, 5) is 24.9. The number of hydrogen-bond acceptors (Lipinski definition) is 5. The first-order valence-corrected chi connectivity index (χ1v) is 7.82. The third-order valence-corrected chi connectivity index (χ3v) is 3.77. The lowest BCUT2D eigenvalue weighted by molar-refractivity contribution is 0.0486. The van der Waals surface area contributed by atoms with Crippen molar-refractivity contribution in [3.63, 3.8) is 0 Å². The van der Waals surface area contributed by atoms with Gasteiger partial charge in [0.05, 0.1) is 23.5 Å². The summed E-state index contributed by atoms with van der Waals surface area (Å²) < 4.78 is 6.69. The van der Waals surface area contributed by atoms with Gasteiger partial charge in [-0.2, -0.15) is 0 Å². The van der Waals surface area contributed by atoms with Gasteiger partial charge in [-0.3, -0.25) is 9.36 Å². The van der Waals surface area contributed by atoms with Gasteiger partial charge in [-0.05, 0) is 32.9 Å². The van der Waals surface area contributed by atoms with E-state index in [0.29, 0.717) is 11.2 Å². The van der Waals surface area contributed by atoms with E-state index < -0.39 is 17.7 Å². The number of aliphatic hydroxyl groups excluding tert-OH is 1. The Morgan fingerprint density at radius 3 is 2.88 bits per heavy atom. The molecule has 0 unspecified atom stereocenters. The molecule has 0 aliphatic carbocycles. The third-order valence-electron chi connectivity index (χ3n) is 3.77. The molecule has 1 aromatic carbocycles. The van der Waals surface area contributed by atoms with Crippen LogP contribution in [0.5, 0.6) is 0 Å². The molecule has 0 bridgehead atoms. The Labute approximate surface area is 139 Å². The molecule has 1 atom stereocenters. The number of amides is 1. The second-order valence-corrected chi connectivity index (χ2v) is 6.79. The first-order chi connectivity index (χ1) is 11.3. The zero-order chi connectivity index (χ0) is 17.5. The molecule has 2 aromatic rings. The predicted octanol–water partition coefficient (Wildman–Crippen LogP) is 2.09. The summed E-state index contributed by atoms with van der Waals surface area (Å²) in [6, 6.07) is 6.60. The van der Waals surface area contributed by atoms with Crippen LogP contribution in [-0.4, -0.2) is 39.9 Å². The van der Waals surface area contributed by atoms with Crippen LogP contribution < -0.4 is 10.6 Å². The molecule has 128 valence electrons. The summed E-state index contributed by atoms with van der Waals surface area (Å²) in [7, 11) is 0. The van der Waals surface area contributed by atoms with Crippen molar-refractivity contribution >= 4 is 28.6 Å². The van der Waals surface area contributed by atoms with Gasteiger partial charge in [-0.1, -0.05) is 12.1 Å². The zero-order valence-electron chi connectivity index (χ0n) is 13.9. The van der Waals surface area contributed by atoms with Crippen LogP contribution >= 0.6 is 0 Å². The topological polar surface area (TPSA) is 92.6 Å². The van der Waals surface area contributed by atoms with Crippen molar-refractivity contribution in [2.24, 2.45) is 0 Å². The van der Waals surface area contributed by atoms with Gasteiger partial charge in [0, 0.05) is 11.9 Å². The van der Waals surface area contributed by atoms with Crippen molar-refractivity contribution in [2.75, 3.05) is 11.9 Å². The molecule has 0 saturated carbocycles. The van der Waals surface area contributed by atoms with Gasteiger partial charge in [-0.15, -0.1) is 0 Å². The summed E-state index contributed by atoms with van der Waals surface area (Å²) in [5, 5.41) is 16.2. The predicted molar refractivity (Wildman–Crippen MR) is 90.1 cm³/mol. The second-order valence-electron chi connectivity index (χ2n) is 6.79. The van der Waals surface area contributed by atoms with Gasteiger partial charge in [0.15, 0.2) is 0 Å². The Hall–Kier alpha value is -2.54. The van der Waals surface area contributed by atoms with Crippen LogP contribution in [0.1, 0.15) is 31.3 Å². The van der Waals surface area contributed by atoms with Gasteiger partial charge >= 0.3 is 6.09 Å². The fourth-order valence-electron chi connectivity index (χ4n) is 2.84. The molecular weight excluding hydrogens is 310 g/mol. The standard InChI is InChI=1S/C17H21N3O4/c1-17(2,3)24-16(23)19-13-8-18-12-6-4-5-10-7-11(9-21)20(14(10)12)15(13)22/h4-7,13,18,21H,8-9H2,1-3H3,(H,19,23)/t13-/m0/s1. The number of nitrogens with zero attached hydrogens (tertiary/aromatic N) is 1. The molecule has 1 amide bonds. The van der Waals surface area contributed by atoms with E-state index in [0.717, 1.165) is 11.1 Å². The fourth-order valence-corrected chi connectivity index (χ4v) is 2.84. The Kier molecular flexibility index (Phi) is 3.96. The maximum atomic E-state index is 12.9. The lowest BCUT2D eigenvalue weighted by Gasteiger charge is -2.23. The summed E-state index contributed by atoms with van der Waals surface area (Å²) in [5.41, 5.74) is 1.34. The number of carbonyl (C=O) groups excluding carboxylic acids is 2. The monoisotopic (exact) mass is 331 g/mol. The Bertz CT molecular complexity index is 804. The quantitative estimate of drug-likeness (QED) is 0.784. The lowest BCUT2D eigenvalue weighted by atomic mass is 10.2. The van der Waals surface area contributed by atoms with Crippen molar-refractivity contribution in [1.29, 1.82) is 0 Å². The van der Waals surface area contributed by atoms with E-state index in [1.165, 1.54) is 4.57 Å². The molecule has 7 nitrogen and oxygen atoms in total. The second kappa shape index (κ2) is 5.83. The van der Waals surface area contributed by atoms with E-state index in [2.05, 4.69) is 10.6 Å². The molecule has 3 N–H and O–H groups in total. The molecule has 0 spiro atoms. The largest absolute Gasteiger partial charge is 0.444 e. The van der Waals surface area contributed by atoms with Crippen molar-refractivity contribution in [2.45, 2.75) is 39.0 Å². The highest BCUT2D eigenvalue weighted by atomic mass is 16.6. The Balaban J connectivity index is 1.95. The van der Waals surface area contributed by atoms with E-state index in [4.69, 9.17) is 4.74 Å². The summed E-state index contributed by atoms with van der Waals surface area (Å²) in [5.74, 6) is -0.308. The summed E-state index contributed by atoms with van der Waals surface area (Å²) >= 11 is 0. The molecule has 3 rings (SSSR count). The minimum absolute atomic E-state index is 0.240. The first kappa shape index (κ1) is 16.3. The number of rotatable bonds is 2. The number of para-hydroxylation sites is 1. The number of anilines is 1. The highest BCUT2D eigenvalue weighted by molar-refractivity contribution is 6.04. The minimum atomic E-state index is -0.798. The lowest BCUT2D eigenvalue weighted by Crippen LogP contribution is -2.48. The molecule has 1 aromatic heterocycles. The molecular formula is C17H21N3O4. The summed E-state index contributed by atoms with van der Waals surface area (Å²) in [6.45, 7) is 5.25. The highest BCUT2D eigenvalue weighted by Gasteiger charge is 2.30. The van der Waals surface area contributed by atoms with Gasteiger partial charge in [0.25, 0.3) is 5.91 Å². The molecule has 7 heteroatoms. The van der Waals surface area contributed by atoms with Gasteiger partial charge in [-0.25, -0.2) is 4.79 Å². The Morgan fingerprint density at radius 1 is 1.46 bits per heavy atom. The van der Waals surface area contributed by atoms with Crippen LogP contribution in [0, 0.1) is 0 Å². The molecule has 0 saturated heterocycles. The maximum absolute atomic E-state index is 12.9. The molecule has 1 aliphatic heterocycles. The Morgan fingerprint density at radius 2 is 2.21 bits per heavy atom. The van der Waals surface area contributed by atoms with Crippen LogP contribution in [0.15, 0.2) is 24.3 Å². The first-order valence-electron chi connectivity index (χ1n) is 7.82. The van der Waals surface area contributed by atoms with E-state index in [1.807, 2.05) is 18.2 Å². The van der Waals surface area contributed by atoms with Gasteiger partial charge in [0.1, 0.15) is 11.6 Å². The van der Waals surface area contributed by atoms with Crippen LogP contribution in [-0.2, 0) is 11.3 Å². The molecule has 0 fully saturated rings. The van der Waals surface area contributed by atoms with E-state index >= 15 is 0 Å². The fraction of sp³-hybridized carbons (Fsp3) is 0.412. The smallest absolute Gasteiger partial charge is 0.408 e. The van der Waals surface area contributed by atoms with Crippen LogP contribution in [0.2, 0.25) is 0 Å². The molecule has 2 heterocycles. The average Bonchev–Trinajstić information content (AvgIpc) is 2.81. The van der Waals surface area contributed by atoms with E-state index in [1.54, 1.807) is 26.8 Å². The number of alkyl carbamates (subject to hydrolysis) is 1. The van der Waals surface area contributed by atoms with Gasteiger partial charge in [0.2, 0.25) is 0 Å². The van der Waals surface area contributed by atoms with Crippen LogP contribution in [0.3, 0.4) is 0 Å². The summed E-state index contributed by atoms with van der Waals surface area (Å²) in [6.07, 6.45) is -0.650. The average molecular weight is 331 g/mol. The molecule has 0 radical (unpaired) electrons.